The first kappa shape index (κ1) is 8.37. The molecule has 60 valence electrons. The molecular formula is C7H16N2S. The van der Waals surface area contributed by atoms with E-state index in [0.717, 1.165) is 0 Å². The van der Waals surface area contributed by atoms with E-state index in [9.17, 15) is 0 Å². The summed E-state index contributed by atoms with van der Waals surface area (Å²) in [6, 6.07) is 0.716. The lowest BCUT2D eigenvalue weighted by molar-refractivity contribution is -0.0000698. The number of rotatable bonds is 1. The van der Waals surface area contributed by atoms with E-state index in [-0.39, 0.29) is 0 Å². The summed E-state index contributed by atoms with van der Waals surface area (Å²) in [5.41, 5.74) is 0. The van der Waals surface area contributed by atoms with Gasteiger partial charge >= 0.3 is 0 Å². The molecule has 0 radical (unpaired) electrons. The molecule has 0 aliphatic carbocycles. The van der Waals surface area contributed by atoms with Crippen LogP contribution in [0, 0.1) is 0 Å². The van der Waals surface area contributed by atoms with Crippen LogP contribution in [0.4, 0.5) is 0 Å². The van der Waals surface area contributed by atoms with Crippen molar-refractivity contribution < 1.29 is 0 Å². The molecule has 0 aromatic carbocycles. The molecule has 0 unspecified atom stereocenters. The van der Waals surface area contributed by atoms with E-state index < -0.39 is 0 Å². The Morgan fingerprint density at radius 1 is 1.50 bits per heavy atom. The third-order valence-corrected chi connectivity index (χ3v) is 3.04. The molecule has 1 fully saturated rings. The van der Waals surface area contributed by atoms with Crippen LogP contribution in [-0.2, 0) is 0 Å². The highest BCUT2D eigenvalue weighted by Gasteiger charge is 2.19. The van der Waals surface area contributed by atoms with Crippen LogP contribution in [0.1, 0.15) is 6.92 Å². The fourth-order valence-electron chi connectivity index (χ4n) is 1.31. The van der Waals surface area contributed by atoms with Crippen molar-refractivity contribution in [2.45, 2.75) is 13.0 Å². The Kier molecular flexibility index (Phi) is 3.01. The quantitative estimate of drug-likeness (QED) is 0.563. The van der Waals surface area contributed by atoms with Crippen LogP contribution in [0.3, 0.4) is 0 Å². The monoisotopic (exact) mass is 160 g/mol. The molecular weight excluding hydrogens is 144 g/mol. The number of nitrogens with zero attached hydrogens (tertiary/aromatic N) is 2. The molecule has 0 spiro atoms. The van der Waals surface area contributed by atoms with Gasteiger partial charge < -0.3 is 0 Å². The van der Waals surface area contributed by atoms with Crippen molar-refractivity contribution in [3.63, 3.8) is 0 Å². The number of hydrogen-bond donors (Lipinski definition) is 0. The Labute approximate surface area is 67.5 Å². The minimum atomic E-state index is 0.716. The zero-order valence-electron chi connectivity index (χ0n) is 7.00. The Morgan fingerprint density at radius 2 is 2.20 bits per heavy atom. The maximum absolute atomic E-state index is 2.41. The molecule has 1 heterocycles. The van der Waals surface area contributed by atoms with Gasteiger partial charge in [-0.05, 0) is 6.92 Å². The van der Waals surface area contributed by atoms with Gasteiger partial charge in [-0.15, -0.1) is 0 Å². The maximum atomic E-state index is 2.41. The van der Waals surface area contributed by atoms with Crippen LogP contribution >= 0.6 is 11.8 Å². The summed E-state index contributed by atoms with van der Waals surface area (Å²) < 4.78 is 0. The molecule has 0 aromatic rings. The highest BCUT2D eigenvalue weighted by atomic mass is 32.2. The van der Waals surface area contributed by atoms with Crippen LogP contribution in [0.15, 0.2) is 0 Å². The van der Waals surface area contributed by atoms with Crippen molar-refractivity contribution in [1.82, 2.24) is 10.0 Å². The highest BCUT2D eigenvalue weighted by molar-refractivity contribution is 7.99. The molecule has 0 amide bonds. The van der Waals surface area contributed by atoms with Crippen molar-refractivity contribution in [1.29, 1.82) is 0 Å². The minimum absolute atomic E-state index is 0.716. The maximum Gasteiger partial charge on any atom is 0.0308 e. The average molecular weight is 160 g/mol. The molecule has 0 saturated carbocycles. The van der Waals surface area contributed by atoms with E-state index in [1.54, 1.807) is 0 Å². The topological polar surface area (TPSA) is 6.48 Å². The third-order valence-electron chi connectivity index (χ3n) is 1.85. The van der Waals surface area contributed by atoms with Gasteiger partial charge in [-0.25, -0.2) is 10.0 Å². The molecule has 1 saturated heterocycles. The Morgan fingerprint density at radius 3 is 2.60 bits per heavy atom. The van der Waals surface area contributed by atoms with Crippen molar-refractivity contribution in [2.75, 3.05) is 32.1 Å². The van der Waals surface area contributed by atoms with Crippen molar-refractivity contribution >= 4 is 11.8 Å². The SMILES string of the molecule is C[C@@H]1CSCCN1N(C)C. The first-order chi connectivity index (χ1) is 4.72. The van der Waals surface area contributed by atoms with Gasteiger partial charge in [0.15, 0.2) is 0 Å². The second-order valence-corrected chi connectivity index (χ2v) is 4.08. The summed E-state index contributed by atoms with van der Waals surface area (Å²) in [5, 5.41) is 4.61. The molecule has 1 aliphatic rings. The van der Waals surface area contributed by atoms with Crippen LogP contribution < -0.4 is 0 Å². The van der Waals surface area contributed by atoms with Gasteiger partial charge in [-0.2, -0.15) is 11.8 Å². The second-order valence-electron chi connectivity index (χ2n) is 2.93. The second kappa shape index (κ2) is 3.60. The molecule has 1 rings (SSSR count). The molecule has 0 N–H and O–H groups in total. The van der Waals surface area contributed by atoms with E-state index in [1.165, 1.54) is 18.1 Å². The fraction of sp³-hybridized carbons (Fsp3) is 1.00. The molecule has 10 heavy (non-hydrogen) atoms. The van der Waals surface area contributed by atoms with Gasteiger partial charge in [-0.3, -0.25) is 0 Å². The first-order valence-electron chi connectivity index (χ1n) is 3.73. The fourth-order valence-corrected chi connectivity index (χ4v) is 2.31. The molecule has 0 bridgehead atoms. The van der Waals surface area contributed by atoms with E-state index in [2.05, 4.69) is 42.8 Å². The molecule has 2 nitrogen and oxygen atoms in total. The lowest BCUT2D eigenvalue weighted by atomic mass is 10.3. The predicted octanol–water partition coefficient (Wildman–Crippen LogP) is 0.900. The molecule has 3 heteroatoms. The van der Waals surface area contributed by atoms with Crippen molar-refractivity contribution in [3.8, 4) is 0 Å². The summed E-state index contributed by atoms with van der Waals surface area (Å²) in [7, 11) is 4.24. The number of thioether (sulfide) groups is 1. The summed E-state index contributed by atoms with van der Waals surface area (Å²) >= 11 is 2.06. The third kappa shape index (κ3) is 1.87. The predicted molar refractivity (Wildman–Crippen MR) is 47.2 cm³/mol. The lowest BCUT2D eigenvalue weighted by Crippen LogP contribution is -2.48. The van der Waals surface area contributed by atoms with Gasteiger partial charge in [0.25, 0.3) is 0 Å². The smallest absolute Gasteiger partial charge is 0.0308 e. The van der Waals surface area contributed by atoms with Gasteiger partial charge in [0.2, 0.25) is 0 Å². The van der Waals surface area contributed by atoms with Crippen molar-refractivity contribution in [2.24, 2.45) is 0 Å². The van der Waals surface area contributed by atoms with E-state index in [1.807, 2.05) is 0 Å². The van der Waals surface area contributed by atoms with Crippen LogP contribution in [0.25, 0.3) is 0 Å². The van der Waals surface area contributed by atoms with E-state index in [4.69, 9.17) is 0 Å². The summed E-state index contributed by atoms with van der Waals surface area (Å²) in [4.78, 5) is 0. The molecule has 0 aromatic heterocycles. The van der Waals surface area contributed by atoms with Crippen LogP contribution in [0.2, 0.25) is 0 Å². The van der Waals surface area contributed by atoms with Gasteiger partial charge in [0.1, 0.15) is 0 Å². The van der Waals surface area contributed by atoms with Crippen LogP contribution in [0.5, 0.6) is 0 Å². The zero-order chi connectivity index (χ0) is 7.56. The normalized spacial score (nSPS) is 29.4. The number of hydrazine groups is 1. The standard InChI is InChI=1S/C7H16N2S/c1-7-6-10-5-4-9(7)8(2)3/h7H,4-6H2,1-3H3/t7-/m1/s1. The average Bonchev–Trinajstić information content (AvgIpc) is 1.88. The first-order valence-corrected chi connectivity index (χ1v) is 4.89. The lowest BCUT2D eigenvalue weighted by Gasteiger charge is -2.37. The molecule has 1 atom stereocenters. The van der Waals surface area contributed by atoms with E-state index in [0.29, 0.717) is 6.04 Å². The summed E-state index contributed by atoms with van der Waals surface area (Å²) in [6.45, 7) is 3.49. The molecule has 1 aliphatic heterocycles. The highest BCUT2D eigenvalue weighted by Crippen LogP contribution is 2.15. The van der Waals surface area contributed by atoms with Gasteiger partial charge in [-0.1, -0.05) is 0 Å². The van der Waals surface area contributed by atoms with Crippen molar-refractivity contribution in [3.05, 3.63) is 0 Å². The number of hydrogen-bond acceptors (Lipinski definition) is 3. The Balaban J connectivity index is 2.40. The largest absolute Gasteiger partial charge is 0.248 e. The Hall–Kier alpha value is 0.270. The van der Waals surface area contributed by atoms with E-state index >= 15 is 0 Å². The van der Waals surface area contributed by atoms with Gasteiger partial charge in [0, 0.05) is 38.2 Å². The minimum Gasteiger partial charge on any atom is -0.248 e. The zero-order valence-corrected chi connectivity index (χ0v) is 7.82. The summed E-state index contributed by atoms with van der Waals surface area (Å²) in [6.07, 6.45) is 0. The van der Waals surface area contributed by atoms with Gasteiger partial charge in [0.05, 0.1) is 0 Å². The Bertz CT molecular complexity index is 106. The van der Waals surface area contributed by atoms with Crippen LogP contribution in [-0.4, -0.2) is 48.2 Å². The summed E-state index contributed by atoms with van der Waals surface area (Å²) in [5.74, 6) is 2.56.